The van der Waals surface area contributed by atoms with Gasteiger partial charge in [0.1, 0.15) is 5.82 Å². The van der Waals surface area contributed by atoms with Gasteiger partial charge in [-0.15, -0.1) is 0 Å². The van der Waals surface area contributed by atoms with Crippen molar-refractivity contribution in [1.82, 2.24) is 5.23 Å². The Hall–Kier alpha value is -0.385. The van der Waals surface area contributed by atoms with E-state index in [1.54, 1.807) is 12.9 Å². The molecule has 0 aliphatic heterocycles. The highest BCUT2D eigenvalue weighted by Crippen LogP contribution is 2.16. The molecule has 2 nitrogen and oxygen atoms in total. The van der Waals surface area contributed by atoms with Gasteiger partial charge >= 0.3 is 7.05 Å². The van der Waals surface area contributed by atoms with Gasteiger partial charge in [0.2, 0.25) is 0 Å². The van der Waals surface area contributed by atoms with Crippen molar-refractivity contribution < 1.29 is 9.41 Å². The summed E-state index contributed by atoms with van der Waals surface area (Å²) >= 11 is 3.31. The molecule has 14 heavy (non-hydrogen) atoms. The number of nitrogens with one attached hydrogen (secondary N) is 1. The molecule has 0 saturated carbocycles. The van der Waals surface area contributed by atoms with E-state index in [0.29, 0.717) is 5.33 Å². The molecule has 1 atom stereocenters. The Morgan fingerprint density at radius 1 is 1.64 bits per heavy atom. The normalized spacial score (nSPS) is 12.6. The van der Waals surface area contributed by atoms with Crippen LogP contribution in [0, 0.1) is 5.82 Å². The summed E-state index contributed by atoms with van der Waals surface area (Å²) in [5, 5.41) is 12.7. The van der Waals surface area contributed by atoms with Crippen LogP contribution in [0.2, 0.25) is 6.82 Å². The summed E-state index contributed by atoms with van der Waals surface area (Å²) in [6.07, 6.45) is 0. The van der Waals surface area contributed by atoms with Gasteiger partial charge in [0.05, 0.1) is 0 Å². The molecule has 1 rings (SSSR count). The average molecular weight is 260 g/mol. The van der Waals surface area contributed by atoms with E-state index >= 15 is 0 Å². The minimum atomic E-state index is -0.610. The maximum Gasteiger partial charge on any atom is 0.374 e. The second kappa shape index (κ2) is 5.48. The first kappa shape index (κ1) is 11.7. The Kier molecular flexibility index (Phi) is 4.58. The highest BCUT2D eigenvalue weighted by molar-refractivity contribution is 9.09. The first-order valence-electron chi connectivity index (χ1n) is 4.39. The van der Waals surface area contributed by atoms with Crippen LogP contribution in [-0.4, -0.2) is 17.4 Å². The summed E-state index contributed by atoms with van der Waals surface area (Å²) in [5.41, 5.74) is 0.822. The molecule has 76 valence electrons. The molecule has 1 aromatic carbocycles. The number of hydrogen-bond donors (Lipinski definition) is 2. The molecular formula is C9H12BBrFNO. The van der Waals surface area contributed by atoms with E-state index in [-0.39, 0.29) is 11.9 Å². The van der Waals surface area contributed by atoms with Gasteiger partial charge in [-0.05, 0) is 24.5 Å². The van der Waals surface area contributed by atoms with E-state index in [1.165, 1.54) is 12.1 Å². The minimum Gasteiger partial charge on any atom is -0.437 e. The first-order chi connectivity index (χ1) is 6.63. The van der Waals surface area contributed by atoms with Crippen molar-refractivity contribution in [2.24, 2.45) is 0 Å². The van der Waals surface area contributed by atoms with Crippen LogP contribution in [0.3, 0.4) is 0 Å². The summed E-state index contributed by atoms with van der Waals surface area (Å²) in [7, 11) is -0.610. The van der Waals surface area contributed by atoms with Crippen LogP contribution >= 0.6 is 15.9 Å². The number of alkyl halides is 1. The topological polar surface area (TPSA) is 32.3 Å². The first-order valence-corrected chi connectivity index (χ1v) is 5.51. The van der Waals surface area contributed by atoms with Crippen molar-refractivity contribution in [2.45, 2.75) is 12.9 Å². The highest BCUT2D eigenvalue weighted by atomic mass is 79.9. The van der Waals surface area contributed by atoms with Crippen LogP contribution in [0.5, 0.6) is 0 Å². The predicted octanol–water partition coefficient (Wildman–Crippen LogP) is 1.96. The van der Waals surface area contributed by atoms with Gasteiger partial charge in [-0.3, -0.25) is 0 Å². The fourth-order valence-electron chi connectivity index (χ4n) is 1.24. The maximum absolute atomic E-state index is 12.9. The van der Waals surface area contributed by atoms with Crippen LogP contribution in [0.25, 0.3) is 0 Å². The van der Waals surface area contributed by atoms with Gasteiger partial charge < -0.3 is 10.3 Å². The molecule has 5 heteroatoms. The van der Waals surface area contributed by atoms with Crippen LogP contribution in [-0.2, 0) is 0 Å². The number of hydrogen-bond acceptors (Lipinski definition) is 2. The highest BCUT2D eigenvalue weighted by Gasteiger charge is 2.14. The molecule has 0 amide bonds. The standard InChI is InChI=1S/C9H12BBrFNO/c1-10(14)13-9(6-11)7-3-2-4-8(12)5-7/h2-5,9,13-14H,6H2,1H3. The van der Waals surface area contributed by atoms with Gasteiger partial charge in [-0.2, -0.15) is 0 Å². The Morgan fingerprint density at radius 2 is 2.36 bits per heavy atom. The van der Waals surface area contributed by atoms with Gasteiger partial charge in [0, 0.05) is 11.4 Å². The zero-order valence-corrected chi connectivity index (χ0v) is 9.46. The zero-order valence-electron chi connectivity index (χ0n) is 7.87. The van der Waals surface area contributed by atoms with E-state index in [4.69, 9.17) is 5.02 Å². The molecule has 2 N–H and O–H groups in total. The maximum atomic E-state index is 12.9. The van der Waals surface area contributed by atoms with Crippen molar-refractivity contribution in [3.63, 3.8) is 0 Å². The Labute approximate surface area is 91.8 Å². The summed E-state index contributed by atoms with van der Waals surface area (Å²) in [6, 6.07) is 6.26. The Balaban J connectivity index is 2.78. The molecule has 0 fully saturated rings. The van der Waals surface area contributed by atoms with Crippen LogP contribution in [0.15, 0.2) is 24.3 Å². The van der Waals surface area contributed by atoms with Crippen molar-refractivity contribution in [3.8, 4) is 0 Å². The third kappa shape index (κ3) is 3.40. The van der Waals surface area contributed by atoms with Crippen LogP contribution in [0.4, 0.5) is 4.39 Å². The quantitative estimate of drug-likeness (QED) is 0.640. The van der Waals surface area contributed by atoms with Crippen molar-refractivity contribution >= 4 is 23.0 Å². The number of benzene rings is 1. The molecule has 1 aromatic rings. The largest absolute Gasteiger partial charge is 0.437 e. The molecule has 0 spiro atoms. The van der Waals surface area contributed by atoms with Gasteiger partial charge in [-0.25, -0.2) is 4.39 Å². The lowest BCUT2D eigenvalue weighted by Crippen LogP contribution is -2.35. The predicted molar refractivity (Wildman–Crippen MR) is 59.9 cm³/mol. The monoisotopic (exact) mass is 259 g/mol. The summed E-state index contributed by atoms with van der Waals surface area (Å²) in [6.45, 7) is 1.63. The van der Waals surface area contributed by atoms with Crippen molar-refractivity contribution in [1.29, 1.82) is 0 Å². The van der Waals surface area contributed by atoms with E-state index in [9.17, 15) is 4.39 Å². The van der Waals surface area contributed by atoms with E-state index < -0.39 is 7.05 Å². The van der Waals surface area contributed by atoms with Crippen LogP contribution in [0.1, 0.15) is 11.6 Å². The van der Waals surface area contributed by atoms with Gasteiger partial charge in [0.15, 0.2) is 0 Å². The Morgan fingerprint density at radius 3 is 2.86 bits per heavy atom. The van der Waals surface area contributed by atoms with Crippen molar-refractivity contribution in [3.05, 3.63) is 35.6 Å². The lowest BCUT2D eigenvalue weighted by Gasteiger charge is -2.17. The molecular weight excluding hydrogens is 248 g/mol. The minimum absolute atomic E-state index is 0.0781. The number of rotatable bonds is 4. The van der Waals surface area contributed by atoms with Gasteiger partial charge in [0.25, 0.3) is 0 Å². The lowest BCUT2D eigenvalue weighted by atomic mass is 9.86. The summed E-state index contributed by atoms with van der Waals surface area (Å²) in [4.78, 5) is 0. The third-order valence-corrected chi connectivity index (χ3v) is 2.50. The summed E-state index contributed by atoms with van der Waals surface area (Å²) in [5.74, 6) is -0.263. The van der Waals surface area contributed by atoms with E-state index in [2.05, 4.69) is 21.2 Å². The smallest absolute Gasteiger partial charge is 0.374 e. The molecule has 0 saturated heterocycles. The van der Waals surface area contributed by atoms with E-state index in [0.717, 1.165) is 5.56 Å². The molecule has 0 aromatic heterocycles. The Bertz CT molecular complexity index is 298. The molecule has 0 radical (unpaired) electrons. The van der Waals surface area contributed by atoms with E-state index in [1.807, 2.05) is 6.07 Å². The molecule has 0 aliphatic carbocycles. The molecule has 0 heterocycles. The molecule has 0 aliphatic rings. The third-order valence-electron chi connectivity index (χ3n) is 1.85. The summed E-state index contributed by atoms with van der Waals surface area (Å²) < 4.78 is 12.9. The average Bonchev–Trinajstić information content (AvgIpc) is 2.14. The second-order valence-corrected chi connectivity index (χ2v) is 3.75. The van der Waals surface area contributed by atoms with Crippen molar-refractivity contribution in [2.75, 3.05) is 5.33 Å². The number of halogens is 2. The molecule has 0 bridgehead atoms. The van der Waals surface area contributed by atoms with Gasteiger partial charge in [-0.1, -0.05) is 28.1 Å². The second-order valence-electron chi connectivity index (χ2n) is 3.10. The SMILES string of the molecule is CB(O)NC(CBr)c1cccc(F)c1. The zero-order chi connectivity index (χ0) is 10.6. The molecule has 1 unspecified atom stereocenters. The van der Waals surface area contributed by atoms with Crippen LogP contribution < -0.4 is 5.23 Å². The fraction of sp³-hybridized carbons (Fsp3) is 0.333. The fourth-order valence-corrected chi connectivity index (χ4v) is 1.81. The lowest BCUT2D eigenvalue weighted by molar-refractivity contribution is 0.535.